The Morgan fingerprint density at radius 2 is 1.78 bits per heavy atom. The lowest BCUT2D eigenvalue weighted by molar-refractivity contribution is 0.182. The average Bonchev–Trinajstić information content (AvgIpc) is 2.92. The number of aliphatic hydroxyl groups excluding tert-OH is 1. The van der Waals surface area contributed by atoms with Gasteiger partial charge in [-0.2, -0.15) is 0 Å². The van der Waals surface area contributed by atoms with E-state index in [9.17, 15) is 5.11 Å². The molecule has 0 saturated heterocycles. The molecule has 2 aromatic carbocycles. The van der Waals surface area contributed by atoms with Gasteiger partial charge in [0, 0.05) is 11.3 Å². The van der Waals surface area contributed by atoms with Gasteiger partial charge in [-0.05, 0) is 27.8 Å². The first kappa shape index (κ1) is 11.5. The summed E-state index contributed by atoms with van der Waals surface area (Å²) in [5.41, 5.74) is 1.18. The summed E-state index contributed by atoms with van der Waals surface area (Å²) in [5, 5.41) is 14.6. The summed E-state index contributed by atoms with van der Waals surface area (Å²) < 4.78 is 0. The van der Waals surface area contributed by atoms with Crippen molar-refractivity contribution in [1.82, 2.24) is 0 Å². The summed E-state index contributed by atoms with van der Waals surface area (Å²) in [6.45, 7) is 0. The Morgan fingerprint density at radius 1 is 0.944 bits per heavy atom. The van der Waals surface area contributed by atoms with Crippen LogP contribution in [-0.2, 0) is 6.42 Å². The Hall–Kier alpha value is -1.64. The molecule has 18 heavy (non-hydrogen) atoms. The van der Waals surface area contributed by atoms with Crippen LogP contribution in [-0.4, -0.2) is 5.11 Å². The summed E-state index contributed by atoms with van der Waals surface area (Å²) in [6, 6.07) is 18.6. The molecule has 1 N–H and O–H groups in total. The number of fused-ring (bicyclic) bond motifs is 1. The molecule has 1 nitrogen and oxygen atoms in total. The number of benzene rings is 2. The molecule has 0 saturated carbocycles. The SMILES string of the molecule is OC(Cc1ccc2ccccc2c1)c1cccs1. The average molecular weight is 254 g/mol. The molecule has 0 aliphatic carbocycles. The number of aliphatic hydroxyl groups is 1. The van der Waals surface area contributed by atoms with Gasteiger partial charge in [-0.1, -0.05) is 48.5 Å². The molecule has 90 valence electrons. The monoisotopic (exact) mass is 254 g/mol. The Bertz CT molecular complexity index is 643. The van der Waals surface area contributed by atoms with Crippen molar-refractivity contribution >= 4 is 22.1 Å². The largest absolute Gasteiger partial charge is 0.387 e. The minimum Gasteiger partial charge on any atom is -0.387 e. The van der Waals surface area contributed by atoms with E-state index in [1.54, 1.807) is 11.3 Å². The molecule has 0 radical (unpaired) electrons. The third kappa shape index (κ3) is 2.30. The first-order chi connectivity index (χ1) is 8.83. The Balaban J connectivity index is 1.86. The van der Waals surface area contributed by atoms with Crippen molar-refractivity contribution in [3.8, 4) is 0 Å². The van der Waals surface area contributed by atoms with Crippen LogP contribution in [0.4, 0.5) is 0 Å². The van der Waals surface area contributed by atoms with Crippen LogP contribution in [0.15, 0.2) is 60.0 Å². The van der Waals surface area contributed by atoms with Crippen LogP contribution in [0, 0.1) is 0 Å². The fourth-order valence-electron chi connectivity index (χ4n) is 2.17. The minimum atomic E-state index is -0.397. The minimum absolute atomic E-state index is 0.397. The predicted molar refractivity (Wildman–Crippen MR) is 76.9 cm³/mol. The van der Waals surface area contributed by atoms with Gasteiger partial charge in [0.05, 0.1) is 6.10 Å². The van der Waals surface area contributed by atoms with E-state index in [0.717, 1.165) is 4.88 Å². The molecule has 0 spiro atoms. The van der Waals surface area contributed by atoms with Crippen molar-refractivity contribution in [1.29, 1.82) is 0 Å². The lowest BCUT2D eigenvalue weighted by Gasteiger charge is -2.09. The van der Waals surface area contributed by atoms with E-state index in [2.05, 4.69) is 30.3 Å². The third-order valence-corrected chi connectivity index (χ3v) is 4.09. The highest BCUT2D eigenvalue weighted by atomic mass is 32.1. The van der Waals surface area contributed by atoms with E-state index in [-0.39, 0.29) is 0 Å². The molecule has 1 unspecified atom stereocenters. The van der Waals surface area contributed by atoms with Gasteiger partial charge < -0.3 is 5.11 Å². The maximum atomic E-state index is 10.1. The van der Waals surface area contributed by atoms with Crippen molar-refractivity contribution in [3.63, 3.8) is 0 Å². The van der Waals surface area contributed by atoms with Crippen LogP contribution in [0.1, 0.15) is 16.5 Å². The molecule has 3 aromatic rings. The zero-order valence-electron chi connectivity index (χ0n) is 9.91. The molecule has 0 aliphatic heterocycles. The molecular weight excluding hydrogens is 240 g/mol. The summed E-state index contributed by atoms with van der Waals surface area (Å²) in [4.78, 5) is 1.03. The molecular formula is C16H14OS. The molecule has 0 aliphatic rings. The summed E-state index contributed by atoms with van der Waals surface area (Å²) in [7, 11) is 0. The first-order valence-electron chi connectivity index (χ1n) is 6.02. The smallest absolute Gasteiger partial charge is 0.0922 e. The van der Waals surface area contributed by atoms with Crippen LogP contribution >= 0.6 is 11.3 Å². The van der Waals surface area contributed by atoms with Crippen molar-refractivity contribution in [3.05, 3.63) is 70.4 Å². The highest BCUT2D eigenvalue weighted by molar-refractivity contribution is 7.10. The van der Waals surface area contributed by atoms with Crippen molar-refractivity contribution in [2.45, 2.75) is 12.5 Å². The molecule has 0 fully saturated rings. The van der Waals surface area contributed by atoms with E-state index in [4.69, 9.17) is 0 Å². The van der Waals surface area contributed by atoms with Gasteiger partial charge in [0.2, 0.25) is 0 Å². The van der Waals surface area contributed by atoms with Gasteiger partial charge in [0.25, 0.3) is 0 Å². The molecule has 3 rings (SSSR count). The molecule has 0 amide bonds. The number of hydrogen-bond donors (Lipinski definition) is 1. The van der Waals surface area contributed by atoms with Crippen LogP contribution in [0.2, 0.25) is 0 Å². The second-order valence-corrected chi connectivity index (χ2v) is 5.40. The Labute approximate surface area is 110 Å². The van der Waals surface area contributed by atoms with Gasteiger partial charge in [0.15, 0.2) is 0 Å². The second kappa shape index (κ2) is 4.92. The maximum Gasteiger partial charge on any atom is 0.0922 e. The molecule has 1 heterocycles. The van der Waals surface area contributed by atoms with Gasteiger partial charge >= 0.3 is 0 Å². The third-order valence-electron chi connectivity index (χ3n) is 3.11. The fourth-order valence-corrected chi connectivity index (χ4v) is 2.88. The molecule has 0 bridgehead atoms. The van der Waals surface area contributed by atoms with E-state index in [0.29, 0.717) is 6.42 Å². The van der Waals surface area contributed by atoms with E-state index in [1.807, 2.05) is 29.6 Å². The normalized spacial score (nSPS) is 12.7. The van der Waals surface area contributed by atoms with Crippen molar-refractivity contribution in [2.24, 2.45) is 0 Å². The van der Waals surface area contributed by atoms with Gasteiger partial charge in [-0.25, -0.2) is 0 Å². The topological polar surface area (TPSA) is 20.2 Å². The summed E-state index contributed by atoms with van der Waals surface area (Å²) in [5.74, 6) is 0. The fraction of sp³-hybridized carbons (Fsp3) is 0.125. The van der Waals surface area contributed by atoms with Crippen LogP contribution in [0.5, 0.6) is 0 Å². The lowest BCUT2D eigenvalue weighted by Crippen LogP contribution is -1.99. The van der Waals surface area contributed by atoms with Crippen LogP contribution in [0.3, 0.4) is 0 Å². The standard InChI is InChI=1S/C16H14OS/c17-15(16-6-3-9-18-16)11-12-7-8-13-4-1-2-5-14(13)10-12/h1-10,15,17H,11H2. The highest BCUT2D eigenvalue weighted by Crippen LogP contribution is 2.24. The van der Waals surface area contributed by atoms with Crippen molar-refractivity contribution < 1.29 is 5.11 Å². The van der Waals surface area contributed by atoms with Crippen molar-refractivity contribution in [2.75, 3.05) is 0 Å². The van der Waals surface area contributed by atoms with E-state index in [1.165, 1.54) is 16.3 Å². The summed E-state index contributed by atoms with van der Waals surface area (Å²) >= 11 is 1.60. The predicted octanol–water partition coefficient (Wildman–Crippen LogP) is 4.18. The Morgan fingerprint density at radius 3 is 2.56 bits per heavy atom. The van der Waals surface area contributed by atoms with Crippen LogP contribution in [0.25, 0.3) is 10.8 Å². The van der Waals surface area contributed by atoms with Gasteiger partial charge in [0.1, 0.15) is 0 Å². The van der Waals surface area contributed by atoms with E-state index < -0.39 is 6.10 Å². The zero-order chi connectivity index (χ0) is 12.4. The number of hydrogen-bond acceptors (Lipinski definition) is 2. The maximum absolute atomic E-state index is 10.1. The lowest BCUT2D eigenvalue weighted by atomic mass is 10.0. The first-order valence-corrected chi connectivity index (χ1v) is 6.90. The van der Waals surface area contributed by atoms with Gasteiger partial charge in [-0.15, -0.1) is 11.3 Å². The number of thiophene rings is 1. The van der Waals surface area contributed by atoms with Crippen LogP contribution < -0.4 is 0 Å². The second-order valence-electron chi connectivity index (χ2n) is 4.42. The highest BCUT2D eigenvalue weighted by Gasteiger charge is 2.09. The summed E-state index contributed by atoms with van der Waals surface area (Å²) in [6.07, 6.45) is 0.275. The zero-order valence-corrected chi connectivity index (χ0v) is 10.7. The Kier molecular flexibility index (Phi) is 3.13. The molecule has 1 aromatic heterocycles. The molecule has 1 atom stereocenters. The van der Waals surface area contributed by atoms with Gasteiger partial charge in [-0.3, -0.25) is 0 Å². The number of rotatable bonds is 3. The quantitative estimate of drug-likeness (QED) is 0.743. The molecule has 2 heteroatoms. The van der Waals surface area contributed by atoms with E-state index >= 15 is 0 Å².